The van der Waals surface area contributed by atoms with Gasteiger partial charge in [0.15, 0.2) is 0 Å². The molecular weight excluding hydrogens is 412 g/mol. The van der Waals surface area contributed by atoms with Crippen LogP contribution in [0.2, 0.25) is 0 Å². The molecule has 166 valence electrons. The van der Waals surface area contributed by atoms with Gasteiger partial charge in [-0.05, 0) is 34.9 Å². The number of nitrogens with zero attached hydrogens (tertiary/aromatic N) is 1. The second-order valence-electron chi connectivity index (χ2n) is 7.98. The minimum absolute atomic E-state index is 0.00447. The molecule has 0 fully saturated rings. The number of nitrogens with two attached hydrogens (primary N) is 2. The fourth-order valence-electron chi connectivity index (χ4n) is 3.91. The molecule has 0 saturated carbocycles. The molecule has 1 heterocycles. The van der Waals surface area contributed by atoms with Gasteiger partial charge in [0.25, 0.3) is 0 Å². The maximum absolute atomic E-state index is 12.7. The first-order chi connectivity index (χ1) is 15.9. The summed E-state index contributed by atoms with van der Waals surface area (Å²) in [5, 5.41) is 19.2. The molecule has 33 heavy (non-hydrogen) atoms. The van der Waals surface area contributed by atoms with Crippen molar-refractivity contribution >= 4 is 28.5 Å². The van der Waals surface area contributed by atoms with E-state index in [-0.39, 0.29) is 24.0 Å². The molecule has 7 N–H and O–H groups in total. The lowest BCUT2D eigenvalue weighted by molar-refractivity contribution is -0.120. The van der Waals surface area contributed by atoms with Crippen molar-refractivity contribution in [3.8, 4) is 0 Å². The topological polar surface area (TPSA) is 134 Å². The van der Waals surface area contributed by atoms with E-state index in [4.69, 9.17) is 22.3 Å². The smallest absolute Gasteiger partial charge is 0.224 e. The van der Waals surface area contributed by atoms with E-state index in [1.54, 1.807) is 6.07 Å². The Hall–Kier alpha value is -4.39. The van der Waals surface area contributed by atoms with Crippen molar-refractivity contribution in [1.82, 2.24) is 9.88 Å². The maximum Gasteiger partial charge on any atom is 0.224 e. The molecule has 0 saturated heterocycles. The maximum atomic E-state index is 12.7. The van der Waals surface area contributed by atoms with Crippen LogP contribution in [0.25, 0.3) is 10.9 Å². The van der Waals surface area contributed by atoms with Crippen molar-refractivity contribution in [2.45, 2.75) is 19.5 Å². The zero-order chi connectivity index (χ0) is 23.4. The highest BCUT2D eigenvalue weighted by Gasteiger charge is 2.13. The van der Waals surface area contributed by atoms with Gasteiger partial charge < -0.3 is 21.4 Å². The molecule has 0 radical (unpaired) electrons. The predicted molar refractivity (Wildman–Crippen MR) is 132 cm³/mol. The zero-order valence-corrected chi connectivity index (χ0v) is 18.1. The second-order valence-corrected chi connectivity index (χ2v) is 7.98. The molecule has 4 aromatic rings. The van der Waals surface area contributed by atoms with Gasteiger partial charge in [0.2, 0.25) is 5.91 Å². The van der Waals surface area contributed by atoms with Gasteiger partial charge in [-0.3, -0.25) is 15.6 Å². The molecule has 4 rings (SSSR count). The summed E-state index contributed by atoms with van der Waals surface area (Å²) in [6.07, 6.45) is 2.27. The van der Waals surface area contributed by atoms with Crippen LogP contribution in [0.3, 0.4) is 0 Å². The monoisotopic (exact) mass is 438 g/mol. The quantitative estimate of drug-likeness (QED) is 0.214. The normalized spacial score (nSPS) is 10.8. The Labute approximate surface area is 192 Å². The van der Waals surface area contributed by atoms with Crippen molar-refractivity contribution < 1.29 is 4.79 Å². The predicted octanol–water partition coefficient (Wildman–Crippen LogP) is 3.12. The Morgan fingerprint density at radius 2 is 1.48 bits per heavy atom. The van der Waals surface area contributed by atoms with Gasteiger partial charge in [0.05, 0.1) is 6.42 Å². The molecule has 3 aromatic carbocycles. The third-order valence-electron chi connectivity index (χ3n) is 5.54. The van der Waals surface area contributed by atoms with Crippen LogP contribution in [-0.4, -0.2) is 22.1 Å². The van der Waals surface area contributed by atoms with Crippen LogP contribution < -0.4 is 16.8 Å². The standard InChI is InChI=1S/C26H26N6O/c27-25(28)19-7-3-5-17(11-19)14-31-24(33)13-21-16-32(23-10-2-1-9-22(21)23)15-18-6-4-8-20(12-18)26(29)30/h1-12,16H,13-15H2,(H3,27,28)(H3,29,30)(H,31,33). The first-order valence-electron chi connectivity index (χ1n) is 10.6. The largest absolute Gasteiger partial charge is 0.384 e. The fourth-order valence-corrected chi connectivity index (χ4v) is 3.91. The molecule has 1 amide bonds. The minimum atomic E-state index is -0.0790. The van der Waals surface area contributed by atoms with Crippen LogP contribution in [-0.2, 0) is 24.3 Å². The third-order valence-corrected chi connectivity index (χ3v) is 5.54. The van der Waals surface area contributed by atoms with Gasteiger partial charge in [0.1, 0.15) is 11.7 Å². The Bertz CT molecular complexity index is 1350. The van der Waals surface area contributed by atoms with Gasteiger partial charge in [0, 0.05) is 41.3 Å². The molecule has 0 unspecified atom stereocenters. The summed E-state index contributed by atoms with van der Waals surface area (Å²) in [4.78, 5) is 12.7. The number of hydrogen-bond donors (Lipinski definition) is 5. The number of carbonyl (C=O) groups is 1. The van der Waals surface area contributed by atoms with E-state index in [9.17, 15) is 4.79 Å². The molecule has 7 heteroatoms. The van der Waals surface area contributed by atoms with Crippen molar-refractivity contribution in [3.63, 3.8) is 0 Å². The molecule has 7 nitrogen and oxygen atoms in total. The highest BCUT2D eigenvalue weighted by molar-refractivity contribution is 5.95. The highest BCUT2D eigenvalue weighted by atomic mass is 16.1. The number of amides is 1. The lowest BCUT2D eigenvalue weighted by Gasteiger charge is -2.07. The number of fused-ring (bicyclic) bond motifs is 1. The fraction of sp³-hybridized carbons (Fsp3) is 0.115. The average Bonchev–Trinajstić information content (AvgIpc) is 3.15. The lowest BCUT2D eigenvalue weighted by atomic mass is 10.1. The average molecular weight is 439 g/mol. The Kier molecular flexibility index (Phi) is 6.22. The van der Waals surface area contributed by atoms with E-state index in [2.05, 4.69) is 9.88 Å². The number of carbonyl (C=O) groups excluding carboxylic acids is 1. The number of rotatable bonds is 8. The SMILES string of the molecule is N=C(N)c1cccc(CNC(=O)Cc2cn(Cc3cccc(C(=N)N)c3)c3ccccc23)c1. The number of benzene rings is 3. The van der Waals surface area contributed by atoms with Crippen LogP contribution >= 0.6 is 0 Å². The summed E-state index contributed by atoms with van der Waals surface area (Å²) in [7, 11) is 0. The van der Waals surface area contributed by atoms with Crippen molar-refractivity contribution in [3.05, 3.63) is 107 Å². The molecule has 1 aromatic heterocycles. The van der Waals surface area contributed by atoms with Gasteiger partial charge in [-0.2, -0.15) is 0 Å². The van der Waals surface area contributed by atoms with E-state index < -0.39 is 0 Å². The molecule has 0 atom stereocenters. The number of aromatic nitrogens is 1. The Morgan fingerprint density at radius 1 is 0.848 bits per heavy atom. The zero-order valence-electron chi connectivity index (χ0n) is 18.1. The van der Waals surface area contributed by atoms with Gasteiger partial charge >= 0.3 is 0 Å². The van der Waals surface area contributed by atoms with Crippen LogP contribution in [0.15, 0.2) is 79.0 Å². The summed E-state index contributed by atoms with van der Waals surface area (Å²) in [6, 6.07) is 23.0. The van der Waals surface area contributed by atoms with Crippen LogP contribution in [0, 0.1) is 10.8 Å². The van der Waals surface area contributed by atoms with E-state index >= 15 is 0 Å². The van der Waals surface area contributed by atoms with Crippen molar-refractivity contribution in [1.29, 1.82) is 10.8 Å². The Balaban J connectivity index is 1.51. The van der Waals surface area contributed by atoms with Crippen LogP contribution in [0.4, 0.5) is 0 Å². The number of para-hydroxylation sites is 1. The third kappa shape index (κ3) is 5.10. The summed E-state index contributed by atoms with van der Waals surface area (Å²) in [6.45, 7) is 0.984. The molecule has 0 bridgehead atoms. The lowest BCUT2D eigenvalue weighted by Crippen LogP contribution is -2.24. The first-order valence-corrected chi connectivity index (χ1v) is 10.6. The van der Waals surface area contributed by atoms with E-state index in [0.717, 1.165) is 27.6 Å². The summed E-state index contributed by atoms with van der Waals surface area (Å²) < 4.78 is 2.12. The van der Waals surface area contributed by atoms with E-state index in [0.29, 0.717) is 24.2 Å². The van der Waals surface area contributed by atoms with Crippen LogP contribution in [0.1, 0.15) is 27.8 Å². The number of nitrogen functional groups attached to an aromatic ring is 2. The number of hydrogen-bond acceptors (Lipinski definition) is 3. The van der Waals surface area contributed by atoms with E-state index in [1.165, 1.54) is 0 Å². The van der Waals surface area contributed by atoms with Crippen molar-refractivity contribution in [2.24, 2.45) is 11.5 Å². The number of amidine groups is 2. The number of nitrogens with one attached hydrogen (secondary N) is 3. The van der Waals surface area contributed by atoms with Gasteiger partial charge in [-0.15, -0.1) is 0 Å². The first kappa shape index (κ1) is 21.8. The van der Waals surface area contributed by atoms with E-state index in [1.807, 2.05) is 72.9 Å². The van der Waals surface area contributed by atoms with Gasteiger partial charge in [-0.25, -0.2) is 0 Å². The molecule has 0 aliphatic heterocycles. The molecular formula is C26H26N6O. The molecule has 0 aliphatic carbocycles. The highest BCUT2D eigenvalue weighted by Crippen LogP contribution is 2.23. The summed E-state index contributed by atoms with van der Waals surface area (Å²) >= 11 is 0. The summed E-state index contributed by atoms with van der Waals surface area (Å²) in [5.74, 6) is -0.0325. The molecule has 0 aliphatic rings. The Morgan fingerprint density at radius 3 is 2.18 bits per heavy atom. The van der Waals surface area contributed by atoms with Crippen LogP contribution in [0.5, 0.6) is 0 Å². The summed E-state index contributed by atoms with van der Waals surface area (Å²) in [5.41, 5.74) is 16.4. The van der Waals surface area contributed by atoms with Gasteiger partial charge in [-0.1, -0.05) is 54.6 Å². The van der Waals surface area contributed by atoms with Crippen molar-refractivity contribution in [2.75, 3.05) is 0 Å². The molecule has 0 spiro atoms. The second kappa shape index (κ2) is 9.40. The minimum Gasteiger partial charge on any atom is -0.384 e.